The summed E-state index contributed by atoms with van der Waals surface area (Å²) >= 11 is 7.07. The molecule has 0 atom stereocenters. The molecule has 0 aliphatic carbocycles. The number of pyridine rings is 1. The van der Waals surface area contributed by atoms with Crippen molar-refractivity contribution in [3.05, 3.63) is 58.1 Å². The molecule has 1 amide bonds. The Morgan fingerprint density at radius 2 is 1.92 bits per heavy atom. The number of anilines is 3. The zero-order chi connectivity index (χ0) is 17.5. The van der Waals surface area contributed by atoms with E-state index in [9.17, 15) is 4.79 Å². The fourth-order valence-corrected chi connectivity index (χ4v) is 2.94. The van der Waals surface area contributed by atoms with Crippen molar-refractivity contribution in [2.24, 2.45) is 0 Å². The molecule has 0 saturated carbocycles. The molecule has 0 spiro atoms. The number of carbonyl (C=O) groups excluding carboxylic acids is 1. The molecule has 3 N–H and O–H groups in total. The van der Waals surface area contributed by atoms with Gasteiger partial charge in [-0.15, -0.1) is 11.3 Å². The molecule has 9 heteroatoms. The van der Waals surface area contributed by atoms with Crippen LogP contribution in [0.5, 0.6) is 0 Å². The molecule has 7 nitrogen and oxygen atoms in total. The first-order valence-corrected chi connectivity index (χ1v) is 8.68. The van der Waals surface area contributed by atoms with Gasteiger partial charge < -0.3 is 16.0 Å². The van der Waals surface area contributed by atoms with Gasteiger partial charge in [0.25, 0.3) is 5.91 Å². The van der Waals surface area contributed by atoms with Crippen LogP contribution in [-0.2, 0) is 0 Å². The van der Waals surface area contributed by atoms with Gasteiger partial charge in [0.05, 0.1) is 9.21 Å². The van der Waals surface area contributed by atoms with Crippen molar-refractivity contribution in [1.29, 1.82) is 0 Å². The number of nitrogens with one attached hydrogen (secondary N) is 3. The number of carbonyl (C=O) groups is 1. The topological polar surface area (TPSA) is 91.8 Å². The van der Waals surface area contributed by atoms with Gasteiger partial charge in [0.2, 0.25) is 0 Å². The van der Waals surface area contributed by atoms with E-state index >= 15 is 0 Å². The van der Waals surface area contributed by atoms with Crippen molar-refractivity contribution in [1.82, 2.24) is 20.3 Å². The fraction of sp³-hybridized carbons (Fsp3) is 0.125. The Labute approximate surface area is 153 Å². The highest BCUT2D eigenvalue weighted by atomic mass is 35.5. The van der Waals surface area contributed by atoms with Gasteiger partial charge in [-0.05, 0) is 24.3 Å². The van der Waals surface area contributed by atoms with Gasteiger partial charge in [-0.3, -0.25) is 4.79 Å². The van der Waals surface area contributed by atoms with Crippen molar-refractivity contribution in [3.63, 3.8) is 0 Å². The zero-order valence-electron chi connectivity index (χ0n) is 13.1. The maximum absolute atomic E-state index is 11.9. The first kappa shape index (κ1) is 17.1. The van der Waals surface area contributed by atoms with Crippen molar-refractivity contribution in [3.8, 4) is 0 Å². The molecule has 0 radical (unpaired) electrons. The highest BCUT2D eigenvalue weighted by Crippen LogP contribution is 2.21. The number of halogens is 1. The summed E-state index contributed by atoms with van der Waals surface area (Å²) < 4.78 is 0.595. The Hall–Kier alpha value is -2.71. The summed E-state index contributed by atoms with van der Waals surface area (Å²) in [4.78, 5) is 25.0. The second-order valence-corrected chi connectivity index (χ2v) is 6.63. The molecule has 0 aliphatic heterocycles. The molecule has 25 heavy (non-hydrogen) atoms. The zero-order valence-corrected chi connectivity index (χ0v) is 14.6. The average Bonchev–Trinajstić information content (AvgIpc) is 3.06. The van der Waals surface area contributed by atoms with Crippen LogP contribution >= 0.6 is 22.9 Å². The average molecular weight is 375 g/mol. The molecule has 0 bridgehead atoms. The first-order valence-electron chi connectivity index (χ1n) is 7.48. The van der Waals surface area contributed by atoms with Crippen molar-refractivity contribution < 1.29 is 4.79 Å². The molecule has 0 unspecified atom stereocenters. The number of hydrogen-bond acceptors (Lipinski definition) is 7. The summed E-state index contributed by atoms with van der Waals surface area (Å²) in [6.07, 6.45) is 3.16. The van der Waals surface area contributed by atoms with Gasteiger partial charge in [0.1, 0.15) is 23.8 Å². The Morgan fingerprint density at radius 1 is 1.04 bits per heavy atom. The van der Waals surface area contributed by atoms with Crippen LogP contribution in [0.1, 0.15) is 9.67 Å². The molecule has 3 rings (SSSR count). The highest BCUT2D eigenvalue weighted by molar-refractivity contribution is 7.17. The van der Waals surface area contributed by atoms with Gasteiger partial charge in [-0.25, -0.2) is 15.0 Å². The first-order chi connectivity index (χ1) is 12.2. The molecule has 3 aromatic heterocycles. The lowest BCUT2D eigenvalue weighted by Gasteiger charge is -2.08. The third-order valence-corrected chi connectivity index (χ3v) is 4.33. The van der Waals surface area contributed by atoms with Crippen molar-refractivity contribution >= 4 is 46.3 Å². The van der Waals surface area contributed by atoms with Crippen LogP contribution in [0.4, 0.5) is 17.5 Å². The predicted molar refractivity (Wildman–Crippen MR) is 99.7 cm³/mol. The second-order valence-electron chi connectivity index (χ2n) is 4.91. The predicted octanol–water partition coefficient (Wildman–Crippen LogP) is 3.17. The SMILES string of the molecule is O=C(NCCNc1cc(Nc2ccccn2)ncn1)c1ccc(Cl)s1. The van der Waals surface area contributed by atoms with E-state index in [1.54, 1.807) is 24.4 Å². The van der Waals surface area contributed by atoms with Crippen molar-refractivity contribution in [2.45, 2.75) is 0 Å². The quantitative estimate of drug-likeness (QED) is 0.550. The maximum Gasteiger partial charge on any atom is 0.261 e. The summed E-state index contributed by atoms with van der Waals surface area (Å²) in [5.41, 5.74) is 0. The van der Waals surface area contributed by atoms with E-state index in [4.69, 9.17) is 11.6 Å². The van der Waals surface area contributed by atoms with Crippen LogP contribution in [0.2, 0.25) is 4.34 Å². The minimum absolute atomic E-state index is 0.140. The minimum atomic E-state index is -0.140. The lowest BCUT2D eigenvalue weighted by molar-refractivity contribution is 0.0959. The Balaban J connectivity index is 1.47. The van der Waals surface area contributed by atoms with Gasteiger partial charge >= 0.3 is 0 Å². The molecular formula is C16H15ClN6OS. The smallest absolute Gasteiger partial charge is 0.261 e. The van der Waals surface area contributed by atoms with Gasteiger partial charge in [-0.2, -0.15) is 0 Å². The van der Waals surface area contributed by atoms with Crippen LogP contribution in [-0.4, -0.2) is 33.9 Å². The van der Waals surface area contributed by atoms with Gasteiger partial charge in [0, 0.05) is 25.4 Å². The number of nitrogens with zero attached hydrogens (tertiary/aromatic N) is 3. The molecular weight excluding hydrogens is 360 g/mol. The van der Waals surface area contributed by atoms with E-state index in [2.05, 4.69) is 30.9 Å². The van der Waals surface area contributed by atoms with Crippen molar-refractivity contribution in [2.75, 3.05) is 23.7 Å². The van der Waals surface area contributed by atoms with E-state index in [0.717, 1.165) is 0 Å². The Morgan fingerprint density at radius 3 is 2.68 bits per heavy atom. The number of aromatic nitrogens is 3. The lowest BCUT2D eigenvalue weighted by atomic mass is 10.4. The largest absolute Gasteiger partial charge is 0.368 e. The van der Waals surface area contributed by atoms with E-state index in [1.165, 1.54) is 17.7 Å². The van der Waals surface area contributed by atoms with Crippen LogP contribution in [0, 0.1) is 0 Å². The monoisotopic (exact) mass is 374 g/mol. The second kappa shape index (κ2) is 8.41. The lowest BCUT2D eigenvalue weighted by Crippen LogP contribution is -2.28. The number of thiophene rings is 1. The summed E-state index contributed by atoms with van der Waals surface area (Å²) in [6.45, 7) is 0.992. The molecule has 0 saturated heterocycles. The fourth-order valence-electron chi connectivity index (χ4n) is 1.98. The molecule has 0 fully saturated rings. The maximum atomic E-state index is 11.9. The van der Waals surface area contributed by atoms with E-state index < -0.39 is 0 Å². The molecule has 0 aromatic carbocycles. The molecule has 0 aliphatic rings. The molecule has 128 valence electrons. The minimum Gasteiger partial charge on any atom is -0.368 e. The van der Waals surface area contributed by atoms with Gasteiger partial charge in [0.15, 0.2) is 0 Å². The number of amides is 1. The summed E-state index contributed by atoms with van der Waals surface area (Å²) in [6, 6.07) is 10.8. The third kappa shape index (κ3) is 5.13. The van der Waals surface area contributed by atoms with Crippen LogP contribution in [0.15, 0.2) is 48.9 Å². The third-order valence-electron chi connectivity index (χ3n) is 3.10. The normalized spacial score (nSPS) is 10.3. The molecule has 3 heterocycles. The summed E-state index contributed by atoms with van der Waals surface area (Å²) in [5, 5.41) is 9.05. The summed E-state index contributed by atoms with van der Waals surface area (Å²) in [7, 11) is 0. The van der Waals surface area contributed by atoms with E-state index in [-0.39, 0.29) is 5.91 Å². The van der Waals surface area contributed by atoms with Gasteiger partial charge in [-0.1, -0.05) is 17.7 Å². The standard InChI is InChI=1S/C16H15ClN6OS/c17-12-5-4-11(25-12)16(24)20-8-7-19-14-9-15(22-10-21-14)23-13-3-1-2-6-18-13/h1-6,9-10H,7-8H2,(H,20,24)(H2,18,19,21,22,23). The number of hydrogen-bond donors (Lipinski definition) is 3. The Bertz CT molecular complexity index is 841. The molecule has 3 aromatic rings. The summed E-state index contributed by atoms with van der Waals surface area (Å²) in [5.74, 6) is 1.85. The highest BCUT2D eigenvalue weighted by Gasteiger charge is 2.07. The number of rotatable bonds is 7. The van der Waals surface area contributed by atoms with Crippen LogP contribution < -0.4 is 16.0 Å². The van der Waals surface area contributed by atoms with E-state index in [1.807, 2.05) is 18.2 Å². The van der Waals surface area contributed by atoms with E-state index in [0.29, 0.717) is 39.8 Å². The Kier molecular flexibility index (Phi) is 5.76. The van der Waals surface area contributed by atoms with Crippen LogP contribution in [0.3, 0.4) is 0 Å². The van der Waals surface area contributed by atoms with Crippen LogP contribution in [0.25, 0.3) is 0 Å².